The number of amides is 1. The molecule has 0 unspecified atom stereocenters. The number of ether oxygens (including phenoxy) is 1. The van der Waals surface area contributed by atoms with Gasteiger partial charge in [-0.2, -0.15) is 13.2 Å². The Labute approximate surface area is 160 Å². The number of halogens is 7. The Morgan fingerprint density at radius 2 is 1.52 bits per heavy atom. The van der Waals surface area contributed by atoms with Crippen LogP contribution in [0.15, 0.2) is 42.5 Å². The Hall–Kier alpha value is -1.34. The zero-order valence-corrected chi connectivity index (χ0v) is 15.0. The van der Waals surface area contributed by atoms with E-state index in [4.69, 9.17) is 51.1 Å². The van der Waals surface area contributed by atoms with Crippen LogP contribution in [-0.4, -0.2) is 9.70 Å². The van der Waals surface area contributed by atoms with Gasteiger partial charge in [0.15, 0.2) is 0 Å². The van der Waals surface area contributed by atoms with Gasteiger partial charge in [-0.05, 0) is 42.5 Å². The van der Waals surface area contributed by atoms with E-state index in [1.165, 1.54) is 30.3 Å². The Bertz CT molecular complexity index is 774. The number of benzene rings is 2. The van der Waals surface area contributed by atoms with Crippen LogP contribution >= 0.6 is 46.4 Å². The summed E-state index contributed by atoms with van der Waals surface area (Å²) < 4.78 is 42.7. The highest BCUT2D eigenvalue weighted by molar-refractivity contribution is 6.76. The number of hydrogen-bond acceptors (Lipinski definition) is 2. The minimum Gasteiger partial charge on any atom is -0.457 e. The highest BCUT2D eigenvalue weighted by atomic mass is 35.6. The zero-order chi connectivity index (χ0) is 18.8. The third-order valence-electron chi connectivity index (χ3n) is 2.85. The van der Waals surface area contributed by atoms with E-state index in [1.807, 2.05) is 5.32 Å². The van der Waals surface area contributed by atoms with E-state index in [2.05, 4.69) is 0 Å². The zero-order valence-electron chi connectivity index (χ0n) is 12.0. The molecule has 0 aliphatic rings. The minimum atomic E-state index is -4.77. The molecule has 2 aromatic carbocycles. The molecule has 0 heterocycles. The van der Waals surface area contributed by atoms with Crippen molar-refractivity contribution in [1.29, 1.82) is 0 Å². The molecule has 0 radical (unpaired) electrons. The maximum Gasteiger partial charge on any atom is 0.418 e. The van der Waals surface area contributed by atoms with Crippen molar-refractivity contribution in [2.75, 3.05) is 5.32 Å². The normalized spacial score (nSPS) is 12.0. The van der Waals surface area contributed by atoms with E-state index in [-0.39, 0.29) is 11.5 Å². The Kier molecular flexibility index (Phi) is 5.99. The molecule has 10 heteroatoms. The molecular weight excluding hydrogens is 425 g/mol. The van der Waals surface area contributed by atoms with Crippen LogP contribution in [-0.2, 0) is 11.0 Å². The van der Waals surface area contributed by atoms with Gasteiger partial charge >= 0.3 is 6.18 Å². The fourth-order valence-electron chi connectivity index (χ4n) is 1.76. The molecule has 134 valence electrons. The lowest BCUT2D eigenvalue weighted by atomic mass is 10.1. The van der Waals surface area contributed by atoms with E-state index in [0.717, 1.165) is 12.1 Å². The molecule has 3 nitrogen and oxygen atoms in total. The highest BCUT2D eigenvalue weighted by Gasteiger charge is 2.37. The van der Waals surface area contributed by atoms with Crippen molar-refractivity contribution in [3.8, 4) is 11.5 Å². The van der Waals surface area contributed by atoms with Gasteiger partial charge in [-0.1, -0.05) is 46.4 Å². The second-order valence-electron chi connectivity index (χ2n) is 4.71. The minimum absolute atomic E-state index is 0.0958. The summed E-state index contributed by atoms with van der Waals surface area (Å²) >= 11 is 21.8. The van der Waals surface area contributed by atoms with Crippen LogP contribution in [0, 0.1) is 0 Å². The summed E-state index contributed by atoms with van der Waals surface area (Å²) in [6.45, 7) is 0. The van der Waals surface area contributed by atoms with Gasteiger partial charge in [0.2, 0.25) is 0 Å². The quantitative estimate of drug-likeness (QED) is 0.565. The number of carbonyl (C=O) groups is 1. The van der Waals surface area contributed by atoms with Crippen LogP contribution in [0.3, 0.4) is 0 Å². The molecule has 0 aromatic heterocycles. The van der Waals surface area contributed by atoms with Crippen LogP contribution in [0.5, 0.6) is 11.5 Å². The smallest absolute Gasteiger partial charge is 0.418 e. The SMILES string of the molecule is O=C(Nc1ccc(Oc2ccc(Cl)cc2)cc1C(F)(F)F)C(Cl)(Cl)Cl. The topological polar surface area (TPSA) is 38.3 Å². The number of carbonyl (C=O) groups excluding carboxylic acids is 1. The molecule has 2 aromatic rings. The fraction of sp³-hybridized carbons (Fsp3) is 0.133. The highest BCUT2D eigenvalue weighted by Crippen LogP contribution is 2.39. The molecule has 0 saturated carbocycles. The van der Waals surface area contributed by atoms with Crippen molar-refractivity contribution >= 4 is 58.0 Å². The van der Waals surface area contributed by atoms with E-state index < -0.39 is 27.1 Å². The molecule has 0 aliphatic carbocycles. The van der Waals surface area contributed by atoms with Gasteiger partial charge in [-0.15, -0.1) is 0 Å². The maximum absolute atomic E-state index is 13.2. The largest absolute Gasteiger partial charge is 0.457 e. The van der Waals surface area contributed by atoms with Crippen LogP contribution in [0.1, 0.15) is 5.56 Å². The lowest BCUT2D eigenvalue weighted by molar-refractivity contribution is -0.137. The first-order valence-electron chi connectivity index (χ1n) is 6.49. The summed E-state index contributed by atoms with van der Waals surface area (Å²) in [5.41, 5.74) is -1.71. The summed E-state index contributed by atoms with van der Waals surface area (Å²) in [6.07, 6.45) is -4.77. The molecule has 0 fully saturated rings. The Balaban J connectivity index is 2.33. The summed E-state index contributed by atoms with van der Waals surface area (Å²) in [5, 5.41) is 2.38. The Morgan fingerprint density at radius 1 is 0.960 bits per heavy atom. The molecule has 1 amide bonds. The third-order valence-corrected chi connectivity index (χ3v) is 3.62. The monoisotopic (exact) mass is 431 g/mol. The molecule has 1 N–H and O–H groups in total. The molecular formula is C15H8Cl4F3NO2. The number of anilines is 1. The van der Waals surface area contributed by atoms with Gasteiger partial charge in [0.05, 0.1) is 11.3 Å². The van der Waals surface area contributed by atoms with Crippen molar-refractivity contribution in [2.24, 2.45) is 0 Å². The van der Waals surface area contributed by atoms with Crippen molar-refractivity contribution in [1.82, 2.24) is 0 Å². The number of rotatable bonds is 3. The van der Waals surface area contributed by atoms with E-state index in [9.17, 15) is 18.0 Å². The van der Waals surface area contributed by atoms with Gasteiger partial charge in [0.25, 0.3) is 9.70 Å². The number of nitrogens with one attached hydrogen (secondary N) is 1. The van der Waals surface area contributed by atoms with Crippen LogP contribution in [0.4, 0.5) is 18.9 Å². The first-order valence-corrected chi connectivity index (χ1v) is 8.01. The van der Waals surface area contributed by atoms with Gasteiger partial charge in [-0.25, -0.2) is 0 Å². The number of alkyl halides is 6. The first kappa shape index (κ1) is 20.0. The van der Waals surface area contributed by atoms with Gasteiger partial charge in [0.1, 0.15) is 11.5 Å². The summed E-state index contributed by atoms with van der Waals surface area (Å²) in [5.74, 6) is -1.02. The summed E-state index contributed by atoms with van der Waals surface area (Å²) in [7, 11) is 0. The van der Waals surface area contributed by atoms with Crippen LogP contribution in [0.2, 0.25) is 5.02 Å². The lowest BCUT2D eigenvalue weighted by Crippen LogP contribution is -2.28. The van der Waals surface area contributed by atoms with Gasteiger partial charge in [0, 0.05) is 5.02 Å². The molecule has 2 rings (SSSR count). The summed E-state index contributed by atoms with van der Waals surface area (Å²) in [6, 6.07) is 9.00. The predicted molar refractivity (Wildman–Crippen MR) is 91.9 cm³/mol. The van der Waals surface area contributed by atoms with Gasteiger partial charge < -0.3 is 10.1 Å². The fourth-order valence-corrected chi connectivity index (χ4v) is 2.03. The maximum atomic E-state index is 13.2. The summed E-state index contributed by atoms with van der Waals surface area (Å²) in [4.78, 5) is 11.6. The lowest BCUT2D eigenvalue weighted by Gasteiger charge is -2.17. The third kappa shape index (κ3) is 5.57. The van der Waals surface area contributed by atoms with Crippen LogP contribution in [0.25, 0.3) is 0 Å². The van der Waals surface area contributed by atoms with Crippen molar-refractivity contribution in [3.63, 3.8) is 0 Å². The molecule has 0 aliphatic heterocycles. The average molecular weight is 433 g/mol. The van der Waals surface area contributed by atoms with E-state index in [0.29, 0.717) is 5.02 Å². The average Bonchev–Trinajstić information content (AvgIpc) is 2.49. The Morgan fingerprint density at radius 3 is 2.04 bits per heavy atom. The van der Waals surface area contributed by atoms with E-state index >= 15 is 0 Å². The van der Waals surface area contributed by atoms with Crippen molar-refractivity contribution in [3.05, 3.63) is 53.1 Å². The second-order valence-corrected chi connectivity index (χ2v) is 7.43. The van der Waals surface area contributed by atoms with Gasteiger partial charge in [-0.3, -0.25) is 4.79 Å². The van der Waals surface area contributed by atoms with Crippen LogP contribution < -0.4 is 10.1 Å². The molecule has 0 saturated heterocycles. The van der Waals surface area contributed by atoms with E-state index in [1.54, 1.807) is 0 Å². The standard InChI is InChI=1S/C15H8Cl4F3NO2/c16-8-1-3-9(4-2-8)25-10-5-6-12(11(7-10)15(20,21)22)23-13(24)14(17,18)19/h1-7H,(H,23,24). The second kappa shape index (κ2) is 7.50. The molecule has 0 spiro atoms. The molecule has 25 heavy (non-hydrogen) atoms. The molecule has 0 bridgehead atoms. The van der Waals surface area contributed by atoms with Crippen molar-refractivity contribution < 1.29 is 22.7 Å². The molecule has 0 atom stereocenters. The van der Waals surface area contributed by atoms with Crippen molar-refractivity contribution in [2.45, 2.75) is 9.97 Å². The predicted octanol–water partition coefficient (Wildman–Crippen LogP) is 6.46. The number of hydrogen-bond donors (Lipinski definition) is 1. The first-order chi connectivity index (χ1) is 11.5.